The van der Waals surface area contributed by atoms with Crippen molar-refractivity contribution in [1.82, 2.24) is 24.7 Å². The van der Waals surface area contributed by atoms with Crippen molar-refractivity contribution in [1.29, 1.82) is 0 Å². The maximum atomic E-state index is 14.7. The molecule has 0 spiro atoms. The second kappa shape index (κ2) is 9.57. The van der Waals surface area contributed by atoms with Crippen molar-refractivity contribution in [3.8, 4) is 5.69 Å². The minimum absolute atomic E-state index is 0.0510. The molecular weight excluding hydrogens is 495 g/mol. The van der Waals surface area contributed by atoms with E-state index in [1.807, 2.05) is 31.2 Å². The van der Waals surface area contributed by atoms with Gasteiger partial charge in [-0.1, -0.05) is 72.1 Å². The average molecular weight is 513 g/mol. The van der Waals surface area contributed by atoms with Gasteiger partial charge in [0.15, 0.2) is 9.50 Å². The summed E-state index contributed by atoms with van der Waals surface area (Å²) in [6.07, 6.45) is 0. The molecule has 0 radical (unpaired) electrons. The fourth-order valence-electron chi connectivity index (χ4n) is 3.41. The van der Waals surface area contributed by atoms with Gasteiger partial charge in [-0.05, 0) is 24.0 Å². The first-order chi connectivity index (χ1) is 16.5. The molecule has 2 N–H and O–H groups in total. The summed E-state index contributed by atoms with van der Waals surface area (Å²) in [4.78, 5) is 33.8. The Kier molecular flexibility index (Phi) is 6.35. The zero-order valence-electron chi connectivity index (χ0n) is 17.7. The highest BCUT2D eigenvalue weighted by Gasteiger charge is 2.20. The molecule has 0 bridgehead atoms. The molecule has 34 heavy (non-hydrogen) atoms. The van der Waals surface area contributed by atoms with Crippen LogP contribution in [0, 0.1) is 5.82 Å². The fourth-order valence-corrected chi connectivity index (χ4v) is 5.88. The number of fused-ring (bicyclic) bond motifs is 3. The lowest BCUT2D eigenvalue weighted by Crippen LogP contribution is -2.23. The zero-order valence-corrected chi connectivity index (χ0v) is 20.2. The van der Waals surface area contributed by atoms with Crippen LogP contribution >= 0.6 is 34.9 Å². The monoisotopic (exact) mass is 512 g/mol. The van der Waals surface area contributed by atoms with Gasteiger partial charge in [0, 0.05) is 10.9 Å². The predicted molar refractivity (Wildman–Crippen MR) is 135 cm³/mol. The number of hydrogen-bond donors (Lipinski definition) is 2. The van der Waals surface area contributed by atoms with Crippen molar-refractivity contribution in [2.45, 2.75) is 16.4 Å². The van der Waals surface area contributed by atoms with E-state index in [1.165, 1.54) is 28.0 Å². The molecule has 0 saturated carbocycles. The number of carbonyl (C=O) groups is 1. The van der Waals surface area contributed by atoms with Gasteiger partial charge in [-0.3, -0.25) is 19.5 Å². The number of H-pyrrole nitrogens is 1. The second-order valence-corrected chi connectivity index (χ2v) is 10.5. The molecule has 0 aliphatic carbocycles. The van der Waals surface area contributed by atoms with Gasteiger partial charge >= 0.3 is 0 Å². The number of para-hydroxylation sites is 2. The van der Waals surface area contributed by atoms with E-state index in [9.17, 15) is 14.0 Å². The summed E-state index contributed by atoms with van der Waals surface area (Å²) in [6.45, 7) is 2.01. The Labute approximate surface area is 205 Å². The Hall–Kier alpha value is -3.22. The first kappa shape index (κ1) is 22.6. The minimum atomic E-state index is -0.567. The van der Waals surface area contributed by atoms with Crippen LogP contribution in [-0.4, -0.2) is 42.1 Å². The van der Waals surface area contributed by atoms with Crippen LogP contribution in [0.5, 0.6) is 0 Å². The van der Waals surface area contributed by atoms with Crippen LogP contribution in [0.4, 0.5) is 9.52 Å². The highest BCUT2D eigenvalue weighted by atomic mass is 32.2. The number of nitrogens with zero attached hydrogens (tertiary/aromatic N) is 4. The summed E-state index contributed by atoms with van der Waals surface area (Å²) in [5.74, 6) is -0.0935. The van der Waals surface area contributed by atoms with E-state index in [2.05, 4.69) is 25.5 Å². The highest BCUT2D eigenvalue weighted by molar-refractivity contribution is 8.01. The van der Waals surface area contributed by atoms with Gasteiger partial charge in [-0.2, -0.15) is 0 Å². The summed E-state index contributed by atoms with van der Waals surface area (Å²) in [5, 5.41) is 12.1. The summed E-state index contributed by atoms with van der Waals surface area (Å²) in [7, 11) is 0. The Morgan fingerprint density at radius 1 is 1.15 bits per heavy atom. The molecule has 12 heteroatoms. The summed E-state index contributed by atoms with van der Waals surface area (Å²) < 4.78 is 16.7. The number of anilines is 1. The molecule has 8 nitrogen and oxygen atoms in total. The standard InChI is InChI=1S/C22H17FN6O2S3/c1-2-32-22-28-27-20(34-22)25-16(30)11-33-21-26-17-12-7-3-5-9-14(12)24-18(17)19(31)29(21)15-10-6-4-8-13(15)23/h3-10,24H,2,11H2,1H3,(H,25,27,30). The Balaban J connectivity index is 1.52. The third-order valence-corrected chi connectivity index (χ3v) is 7.63. The van der Waals surface area contributed by atoms with E-state index in [0.717, 1.165) is 32.8 Å². The van der Waals surface area contributed by atoms with E-state index in [1.54, 1.807) is 23.9 Å². The van der Waals surface area contributed by atoms with E-state index < -0.39 is 11.4 Å². The van der Waals surface area contributed by atoms with Crippen molar-refractivity contribution in [3.63, 3.8) is 0 Å². The van der Waals surface area contributed by atoms with Crippen LogP contribution < -0.4 is 10.9 Å². The third-order valence-electron chi connectivity index (χ3n) is 4.84. The van der Waals surface area contributed by atoms with E-state index in [-0.39, 0.29) is 28.0 Å². The normalized spacial score (nSPS) is 11.4. The molecule has 0 fully saturated rings. The molecule has 0 aliphatic rings. The summed E-state index contributed by atoms with van der Waals surface area (Å²) in [6, 6.07) is 13.4. The maximum absolute atomic E-state index is 14.7. The summed E-state index contributed by atoms with van der Waals surface area (Å²) >= 11 is 3.88. The quantitative estimate of drug-likeness (QED) is 0.185. The first-order valence-electron chi connectivity index (χ1n) is 10.2. The molecule has 0 saturated heterocycles. The van der Waals surface area contributed by atoms with Crippen molar-refractivity contribution in [2.75, 3.05) is 16.8 Å². The van der Waals surface area contributed by atoms with Crippen LogP contribution in [0.25, 0.3) is 27.6 Å². The molecular formula is C22H17FN6O2S3. The predicted octanol–water partition coefficient (Wildman–Crippen LogP) is 4.70. The molecule has 1 amide bonds. The Morgan fingerprint density at radius 2 is 1.94 bits per heavy atom. The second-order valence-electron chi connectivity index (χ2n) is 7.02. The van der Waals surface area contributed by atoms with Gasteiger partial charge in [0.05, 0.1) is 11.4 Å². The molecule has 3 heterocycles. The van der Waals surface area contributed by atoms with Gasteiger partial charge in [-0.15, -0.1) is 10.2 Å². The van der Waals surface area contributed by atoms with E-state index >= 15 is 0 Å². The lowest BCUT2D eigenvalue weighted by atomic mass is 10.2. The van der Waals surface area contributed by atoms with Crippen molar-refractivity contribution < 1.29 is 9.18 Å². The lowest BCUT2D eigenvalue weighted by molar-refractivity contribution is -0.113. The largest absolute Gasteiger partial charge is 0.349 e. The molecule has 3 aromatic heterocycles. The van der Waals surface area contributed by atoms with Gasteiger partial charge < -0.3 is 4.98 Å². The zero-order chi connectivity index (χ0) is 23.7. The van der Waals surface area contributed by atoms with Gasteiger partial charge in [0.25, 0.3) is 5.56 Å². The van der Waals surface area contributed by atoms with Crippen LogP contribution in [0.2, 0.25) is 0 Å². The molecule has 5 rings (SSSR count). The van der Waals surface area contributed by atoms with E-state index in [0.29, 0.717) is 10.6 Å². The third kappa shape index (κ3) is 4.31. The SMILES string of the molecule is CCSc1nnc(NC(=O)CSc2nc3c([nH]c4ccccc43)c(=O)n2-c2ccccc2F)s1. The Morgan fingerprint density at radius 3 is 2.76 bits per heavy atom. The fraction of sp³-hybridized carbons (Fsp3) is 0.136. The molecule has 0 aliphatic heterocycles. The number of halogens is 1. The van der Waals surface area contributed by atoms with Gasteiger partial charge in [0.1, 0.15) is 16.9 Å². The number of nitrogens with one attached hydrogen (secondary N) is 2. The van der Waals surface area contributed by atoms with Crippen molar-refractivity contribution >= 4 is 67.8 Å². The van der Waals surface area contributed by atoms with Gasteiger partial charge in [0.2, 0.25) is 11.0 Å². The van der Waals surface area contributed by atoms with Crippen LogP contribution in [0.1, 0.15) is 6.92 Å². The van der Waals surface area contributed by atoms with Gasteiger partial charge in [-0.25, -0.2) is 9.37 Å². The molecule has 2 aromatic carbocycles. The van der Waals surface area contributed by atoms with Crippen LogP contribution in [-0.2, 0) is 4.79 Å². The first-order valence-corrected chi connectivity index (χ1v) is 13.0. The molecule has 0 atom stereocenters. The molecule has 172 valence electrons. The number of aromatic amines is 1. The lowest BCUT2D eigenvalue weighted by Gasteiger charge is -2.12. The molecule has 5 aromatic rings. The van der Waals surface area contributed by atoms with Crippen molar-refractivity contribution in [2.24, 2.45) is 0 Å². The molecule has 0 unspecified atom stereocenters. The number of carbonyl (C=O) groups excluding carboxylic acids is 1. The van der Waals surface area contributed by atoms with Crippen LogP contribution in [0.3, 0.4) is 0 Å². The minimum Gasteiger partial charge on any atom is -0.349 e. The number of hydrogen-bond acceptors (Lipinski definition) is 8. The maximum Gasteiger partial charge on any atom is 0.283 e. The van der Waals surface area contributed by atoms with Crippen molar-refractivity contribution in [3.05, 3.63) is 64.7 Å². The number of amides is 1. The Bertz CT molecular complexity index is 1580. The topological polar surface area (TPSA) is 106 Å². The summed E-state index contributed by atoms with van der Waals surface area (Å²) in [5.41, 5.74) is 1.11. The highest BCUT2D eigenvalue weighted by Crippen LogP contribution is 2.28. The number of aromatic nitrogens is 5. The average Bonchev–Trinajstić information content (AvgIpc) is 3.43. The number of rotatable bonds is 7. The number of thioether (sulfide) groups is 2. The van der Waals surface area contributed by atoms with E-state index in [4.69, 9.17) is 0 Å². The van der Waals surface area contributed by atoms with Crippen LogP contribution in [0.15, 0.2) is 62.8 Å². The number of benzene rings is 2. The smallest absolute Gasteiger partial charge is 0.283 e.